The highest BCUT2D eigenvalue weighted by atomic mass is 19.1. The minimum absolute atomic E-state index is 0.280. The normalized spacial score (nSPS) is 11.6. The standard InChI is InChI=1S/C46H29FN4/c47-39-15-7-9-17-43(39)50(34-12-2-1-3-13-34)41-26-21-31-20-25-38-42(27-22-32-19-24-37(41)44(31)45(32)38)51(35-23-18-30-10-4-5-11-33(30)28-35)46-36-14-6-8-16-40(36)48-29-49-46/h1-29H. The minimum Gasteiger partial charge on any atom is -0.307 e. The van der Waals surface area contributed by atoms with Gasteiger partial charge in [-0.1, -0.05) is 109 Å². The second-order valence-corrected chi connectivity index (χ2v) is 12.8. The molecule has 4 nitrogen and oxygen atoms in total. The van der Waals surface area contributed by atoms with Crippen LogP contribution in [0.3, 0.4) is 0 Å². The van der Waals surface area contributed by atoms with Crippen LogP contribution >= 0.6 is 0 Å². The average Bonchev–Trinajstić information content (AvgIpc) is 3.19. The summed E-state index contributed by atoms with van der Waals surface area (Å²) < 4.78 is 15.6. The zero-order valence-electron chi connectivity index (χ0n) is 27.4. The number of para-hydroxylation sites is 3. The third-order valence-electron chi connectivity index (χ3n) is 9.93. The smallest absolute Gasteiger partial charge is 0.148 e. The second kappa shape index (κ2) is 11.6. The first-order chi connectivity index (χ1) is 25.2. The maximum Gasteiger partial charge on any atom is 0.148 e. The van der Waals surface area contributed by atoms with Crippen LogP contribution in [-0.2, 0) is 0 Å². The van der Waals surface area contributed by atoms with E-state index in [0.29, 0.717) is 5.69 Å². The fourth-order valence-electron chi connectivity index (χ4n) is 7.64. The van der Waals surface area contributed by atoms with Crippen LogP contribution in [0.25, 0.3) is 54.0 Å². The first-order valence-electron chi connectivity index (χ1n) is 17.0. The number of anilines is 6. The molecule has 0 aliphatic carbocycles. The molecule has 10 aromatic rings. The topological polar surface area (TPSA) is 32.3 Å². The summed E-state index contributed by atoms with van der Waals surface area (Å²) in [7, 11) is 0. The molecular formula is C46H29FN4. The van der Waals surface area contributed by atoms with E-state index in [-0.39, 0.29) is 5.82 Å². The summed E-state index contributed by atoms with van der Waals surface area (Å²) >= 11 is 0. The van der Waals surface area contributed by atoms with Crippen LogP contribution in [0.5, 0.6) is 0 Å². The van der Waals surface area contributed by atoms with Gasteiger partial charge in [-0.3, -0.25) is 4.90 Å². The van der Waals surface area contributed by atoms with Crippen molar-refractivity contribution >= 4 is 88.2 Å². The number of fused-ring (bicyclic) bond motifs is 2. The Bertz CT molecular complexity index is 2900. The lowest BCUT2D eigenvalue weighted by Crippen LogP contribution is -2.13. The van der Waals surface area contributed by atoms with Crippen LogP contribution in [-0.4, -0.2) is 9.97 Å². The predicted octanol–water partition coefficient (Wildman–Crippen LogP) is 12.8. The van der Waals surface area contributed by atoms with E-state index >= 15 is 4.39 Å². The average molecular weight is 657 g/mol. The van der Waals surface area contributed by atoms with Gasteiger partial charge in [0.2, 0.25) is 0 Å². The quantitative estimate of drug-likeness (QED) is 0.167. The lowest BCUT2D eigenvalue weighted by atomic mass is 9.91. The zero-order chi connectivity index (χ0) is 33.9. The third-order valence-corrected chi connectivity index (χ3v) is 9.93. The number of benzene rings is 9. The fourth-order valence-corrected chi connectivity index (χ4v) is 7.64. The van der Waals surface area contributed by atoms with Gasteiger partial charge in [-0.25, -0.2) is 14.4 Å². The Morgan fingerprint density at radius 1 is 0.392 bits per heavy atom. The van der Waals surface area contributed by atoms with Crippen LogP contribution in [0.15, 0.2) is 176 Å². The SMILES string of the molecule is Fc1ccccc1N(c1ccccc1)c1ccc2ccc3c(N(c4ccc5ccccc5c4)c4ncnc5ccccc45)ccc4ccc1c2c43. The molecule has 0 saturated carbocycles. The number of halogens is 1. The summed E-state index contributed by atoms with van der Waals surface area (Å²) in [5.41, 5.74) is 5.18. The lowest BCUT2D eigenvalue weighted by Gasteiger charge is -2.29. The van der Waals surface area contributed by atoms with Gasteiger partial charge in [-0.15, -0.1) is 0 Å². The van der Waals surface area contributed by atoms with Crippen molar-refractivity contribution in [2.75, 3.05) is 9.80 Å². The van der Waals surface area contributed by atoms with Crippen LogP contribution in [0.4, 0.5) is 38.6 Å². The van der Waals surface area contributed by atoms with E-state index in [4.69, 9.17) is 4.98 Å². The Morgan fingerprint density at radius 2 is 1.00 bits per heavy atom. The van der Waals surface area contributed by atoms with Gasteiger partial charge in [0.1, 0.15) is 18.0 Å². The number of nitrogens with zero attached hydrogens (tertiary/aromatic N) is 4. The Kier molecular flexibility index (Phi) is 6.64. The van der Waals surface area contributed by atoms with Crippen molar-refractivity contribution < 1.29 is 4.39 Å². The van der Waals surface area contributed by atoms with Crippen LogP contribution in [0.1, 0.15) is 0 Å². The Balaban J connectivity index is 1.27. The van der Waals surface area contributed by atoms with Crippen LogP contribution in [0.2, 0.25) is 0 Å². The second-order valence-electron chi connectivity index (χ2n) is 12.8. The monoisotopic (exact) mass is 656 g/mol. The fraction of sp³-hybridized carbons (Fsp3) is 0. The highest BCUT2D eigenvalue weighted by molar-refractivity contribution is 6.28. The Morgan fingerprint density at radius 3 is 1.76 bits per heavy atom. The number of hydrogen-bond donors (Lipinski definition) is 0. The van der Waals surface area contributed by atoms with Gasteiger partial charge in [0.25, 0.3) is 0 Å². The van der Waals surface area contributed by atoms with Crippen molar-refractivity contribution in [3.05, 3.63) is 182 Å². The summed E-state index contributed by atoms with van der Waals surface area (Å²) in [5.74, 6) is 0.527. The minimum atomic E-state index is -0.280. The van der Waals surface area contributed by atoms with Gasteiger partial charge in [0, 0.05) is 27.5 Å². The summed E-state index contributed by atoms with van der Waals surface area (Å²) in [5, 5.41) is 9.95. The maximum absolute atomic E-state index is 15.6. The van der Waals surface area contributed by atoms with Crippen molar-refractivity contribution in [3.8, 4) is 0 Å². The molecule has 9 aromatic carbocycles. The van der Waals surface area contributed by atoms with E-state index in [1.807, 2.05) is 65.6 Å². The van der Waals surface area contributed by atoms with Crippen molar-refractivity contribution in [2.24, 2.45) is 0 Å². The summed E-state index contributed by atoms with van der Waals surface area (Å²) in [4.78, 5) is 13.8. The Hall–Kier alpha value is -6.85. The van der Waals surface area contributed by atoms with E-state index in [1.165, 1.54) is 11.5 Å². The molecular weight excluding hydrogens is 628 g/mol. The van der Waals surface area contributed by atoms with Gasteiger partial charge in [0.15, 0.2) is 0 Å². The van der Waals surface area contributed by atoms with E-state index in [0.717, 1.165) is 77.2 Å². The van der Waals surface area contributed by atoms with Crippen molar-refractivity contribution in [1.29, 1.82) is 0 Å². The third kappa shape index (κ3) is 4.67. The molecule has 0 bridgehead atoms. The molecule has 0 aliphatic rings. The van der Waals surface area contributed by atoms with E-state index in [2.05, 4.69) is 107 Å². The molecule has 0 spiro atoms. The van der Waals surface area contributed by atoms with Gasteiger partial charge in [-0.05, 0) is 93.0 Å². The van der Waals surface area contributed by atoms with Crippen molar-refractivity contribution in [1.82, 2.24) is 9.97 Å². The largest absolute Gasteiger partial charge is 0.307 e. The number of hydrogen-bond acceptors (Lipinski definition) is 4. The molecule has 1 heterocycles. The van der Waals surface area contributed by atoms with Gasteiger partial charge in [-0.2, -0.15) is 0 Å². The van der Waals surface area contributed by atoms with Gasteiger partial charge < -0.3 is 4.90 Å². The number of aromatic nitrogens is 2. The molecule has 51 heavy (non-hydrogen) atoms. The van der Waals surface area contributed by atoms with Gasteiger partial charge >= 0.3 is 0 Å². The van der Waals surface area contributed by atoms with Crippen molar-refractivity contribution in [2.45, 2.75) is 0 Å². The highest BCUT2D eigenvalue weighted by Crippen LogP contribution is 2.48. The van der Waals surface area contributed by atoms with E-state index in [1.54, 1.807) is 12.4 Å². The van der Waals surface area contributed by atoms with Crippen LogP contribution in [0, 0.1) is 5.82 Å². The molecule has 0 N–H and O–H groups in total. The Labute approximate surface area is 293 Å². The summed E-state index contributed by atoms with van der Waals surface area (Å²) in [6, 6.07) is 57.6. The lowest BCUT2D eigenvalue weighted by molar-refractivity contribution is 0.629. The molecule has 0 amide bonds. The molecule has 0 saturated heterocycles. The van der Waals surface area contributed by atoms with E-state index < -0.39 is 0 Å². The van der Waals surface area contributed by atoms with Gasteiger partial charge in [0.05, 0.1) is 22.6 Å². The molecule has 0 aliphatic heterocycles. The summed E-state index contributed by atoms with van der Waals surface area (Å²) in [6.45, 7) is 0. The first-order valence-corrected chi connectivity index (χ1v) is 17.0. The maximum atomic E-state index is 15.6. The molecule has 0 fully saturated rings. The predicted molar refractivity (Wildman–Crippen MR) is 210 cm³/mol. The van der Waals surface area contributed by atoms with E-state index in [9.17, 15) is 0 Å². The molecule has 0 unspecified atom stereocenters. The number of rotatable bonds is 6. The molecule has 240 valence electrons. The molecule has 5 heteroatoms. The molecule has 0 atom stereocenters. The highest BCUT2D eigenvalue weighted by Gasteiger charge is 2.24. The summed E-state index contributed by atoms with van der Waals surface area (Å²) in [6.07, 6.45) is 1.65. The zero-order valence-corrected chi connectivity index (χ0v) is 27.4. The molecule has 1 aromatic heterocycles. The first kappa shape index (κ1) is 29.1. The molecule has 10 rings (SSSR count). The van der Waals surface area contributed by atoms with Crippen LogP contribution < -0.4 is 9.80 Å². The van der Waals surface area contributed by atoms with Crippen molar-refractivity contribution in [3.63, 3.8) is 0 Å². The molecule has 0 radical (unpaired) electrons.